The smallest absolute Gasteiger partial charge is 0.444 e. The number of carbonyl (C=O) groups is 1. The van der Waals surface area contributed by atoms with Gasteiger partial charge in [-0.25, -0.2) is 17.9 Å². The average molecular weight is 465 g/mol. The first kappa shape index (κ1) is 23.6. The van der Waals surface area contributed by atoms with E-state index in [-0.39, 0.29) is 22.9 Å². The number of sulfonamides is 1. The van der Waals surface area contributed by atoms with Gasteiger partial charge in [0.1, 0.15) is 11.4 Å². The summed E-state index contributed by atoms with van der Waals surface area (Å²) in [6.45, 7) is 6.58. The molecule has 7 nitrogen and oxygen atoms in total. The second-order valence-electron chi connectivity index (χ2n) is 8.95. The first-order chi connectivity index (χ1) is 14.2. The number of piperidine rings is 1. The summed E-state index contributed by atoms with van der Waals surface area (Å²) in [5, 5.41) is 0. The quantitative estimate of drug-likeness (QED) is 0.715. The fourth-order valence-electron chi connectivity index (χ4n) is 3.80. The summed E-state index contributed by atoms with van der Waals surface area (Å²) in [4.78, 5) is 13.7. The van der Waals surface area contributed by atoms with Crippen LogP contribution in [-0.4, -0.2) is 50.5 Å². The van der Waals surface area contributed by atoms with E-state index in [4.69, 9.17) is 4.74 Å². The number of benzene rings is 1. The van der Waals surface area contributed by atoms with Crippen LogP contribution in [0.1, 0.15) is 40.0 Å². The fraction of sp³-hybridized carbons (Fsp3) is 0.650. The van der Waals surface area contributed by atoms with Crippen LogP contribution in [0.3, 0.4) is 0 Å². The van der Waals surface area contributed by atoms with Crippen molar-refractivity contribution in [3.05, 3.63) is 24.3 Å². The molecule has 1 aromatic rings. The Hall–Kier alpha value is -2.01. The maximum Gasteiger partial charge on any atom is 0.573 e. The molecule has 1 amide bonds. The first-order valence-electron chi connectivity index (χ1n) is 10.1. The molecule has 0 aromatic heterocycles. The molecule has 31 heavy (non-hydrogen) atoms. The molecule has 1 aromatic carbocycles. The standard InChI is InChI=1S/C20H27F3N2O5S/c1-19(2,3)30-18(26)25-10-8-13(9-11-25)16-12-17(16)24-31(27,28)15-6-4-14(5-7-15)29-20(21,22)23/h4-7,13,16-17,24H,8-12H2,1-3H3/t16-,17-/m0/s1. The molecule has 1 N–H and O–H groups in total. The second kappa shape index (κ2) is 8.50. The molecule has 1 aliphatic carbocycles. The molecule has 2 atom stereocenters. The number of carbonyl (C=O) groups excluding carboxylic acids is 1. The van der Waals surface area contributed by atoms with E-state index in [9.17, 15) is 26.4 Å². The molecule has 1 aliphatic heterocycles. The molecule has 2 fully saturated rings. The van der Waals surface area contributed by atoms with Crippen molar-refractivity contribution >= 4 is 16.1 Å². The third-order valence-electron chi connectivity index (χ3n) is 5.31. The normalized spacial score (nSPS) is 22.8. The lowest BCUT2D eigenvalue weighted by molar-refractivity contribution is -0.274. The fourth-order valence-corrected chi connectivity index (χ4v) is 5.10. The number of nitrogens with one attached hydrogen (secondary N) is 1. The van der Waals surface area contributed by atoms with Crippen LogP contribution in [0.25, 0.3) is 0 Å². The van der Waals surface area contributed by atoms with Crippen LogP contribution in [0.4, 0.5) is 18.0 Å². The van der Waals surface area contributed by atoms with Gasteiger partial charge >= 0.3 is 12.5 Å². The molecule has 0 radical (unpaired) electrons. The minimum absolute atomic E-state index is 0.118. The molecule has 11 heteroatoms. The highest BCUT2D eigenvalue weighted by molar-refractivity contribution is 7.89. The van der Waals surface area contributed by atoms with Gasteiger partial charge in [-0.1, -0.05) is 0 Å². The summed E-state index contributed by atoms with van der Waals surface area (Å²) in [5.41, 5.74) is -0.551. The summed E-state index contributed by atoms with van der Waals surface area (Å²) in [5.74, 6) is 0.00448. The van der Waals surface area contributed by atoms with Crippen LogP contribution in [-0.2, 0) is 14.8 Å². The molecule has 1 heterocycles. The van der Waals surface area contributed by atoms with E-state index in [1.54, 1.807) is 4.90 Å². The summed E-state index contributed by atoms with van der Waals surface area (Å²) in [7, 11) is -3.84. The topological polar surface area (TPSA) is 84.9 Å². The number of alkyl halides is 3. The van der Waals surface area contributed by atoms with Gasteiger partial charge in [-0.05, 0) is 76.1 Å². The van der Waals surface area contributed by atoms with Gasteiger partial charge in [0.2, 0.25) is 10.0 Å². The number of hydrogen-bond acceptors (Lipinski definition) is 5. The lowest BCUT2D eigenvalue weighted by Crippen LogP contribution is -2.42. The molecule has 2 aliphatic rings. The molecule has 1 saturated carbocycles. The third kappa shape index (κ3) is 6.73. The second-order valence-corrected chi connectivity index (χ2v) is 10.7. The van der Waals surface area contributed by atoms with Gasteiger partial charge < -0.3 is 14.4 Å². The van der Waals surface area contributed by atoms with Gasteiger partial charge in [0, 0.05) is 19.1 Å². The van der Waals surface area contributed by atoms with E-state index in [1.807, 2.05) is 20.8 Å². The van der Waals surface area contributed by atoms with Gasteiger partial charge in [-0.2, -0.15) is 0 Å². The van der Waals surface area contributed by atoms with E-state index in [0.717, 1.165) is 37.1 Å². The highest BCUT2D eigenvalue weighted by Gasteiger charge is 2.46. The van der Waals surface area contributed by atoms with E-state index in [2.05, 4.69) is 9.46 Å². The van der Waals surface area contributed by atoms with Gasteiger partial charge in [0.25, 0.3) is 0 Å². The zero-order chi connectivity index (χ0) is 23.0. The van der Waals surface area contributed by atoms with E-state index in [0.29, 0.717) is 25.4 Å². The monoisotopic (exact) mass is 464 g/mol. The lowest BCUT2D eigenvalue weighted by Gasteiger charge is -2.33. The van der Waals surface area contributed by atoms with Crippen LogP contribution in [0.5, 0.6) is 5.75 Å². The Morgan fingerprint density at radius 1 is 1.10 bits per heavy atom. The van der Waals surface area contributed by atoms with Gasteiger partial charge in [0.15, 0.2) is 0 Å². The van der Waals surface area contributed by atoms with Crippen LogP contribution in [0.15, 0.2) is 29.2 Å². The Kier molecular flexibility index (Phi) is 6.48. The first-order valence-corrected chi connectivity index (χ1v) is 11.6. The molecular weight excluding hydrogens is 437 g/mol. The molecule has 174 valence electrons. The van der Waals surface area contributed by atoms with Gasteiger partial charge in [0.05, 0.1) is 4.90 Å². The number of halogens is 3. The minimum atomic E-state index is -4.83. The van der Waals surface area contributed by atoms with Crippen molar-refractivity contribution in [2.24, 2.45) is 11.8 Å². The van der Waals surface area contributed by atoms with Crippen LogP contribution < -0.4 is 9.46 Å². The highest BCUT2D eigenvalue weighted by Crippen LogP contribution is 2.43. The van der Waals surface area contributed by atoms with Crippen molar-refractivity contribution < 1.29 is 35.9 Å². The van der Waals surface area contributed by atoms with E-state index < -0.39 is 27.7 Å². The maximum atomic E-state index is 12.5. The SMILES string of the molecule is CC(C)(C)OC(=O)N1CCC([C@@H]2C[C@@H]2NS(=O)(=O)c2ccc(OC(F)(F)F)cc2)CC1. The Morgan fingerprint density at radius 3 is 2.19 bits per heavy atom. The van der Waals surface area contributed by atoms with Crippen LogP contribution in [0.2, 0.25) is 0 Å². The molecular formula is C20H27F3N2O5S. The molecule has 0 unspecified atom stereocenters. The number of nitrogens with zero attached hydrogens (tertiary/aromatic N) is 1. The predicted octanol–water partition coefficient (Wildman–Crippen LogP) is 3.90. The summed E-state index contributed by atoms with van der Waals surface area (Å²) in [6.07, 6.45) is -2.93. The maximum absolute atomic E-state index is 12.5. The van der Waals surface area contributed by atoms with Crippen molar-refractivity contribution in [1.82, 2.24) is 9.62 Å². The van der Waals surface area contributed by atoms with Crippen molar-refractivity contribution in [1.29, 1.82) is 0 Å². The Bertz CT molecular complexity index is 889. The molecule has 3 rings (SSSR count). The number of likely N-dealkylation sites (tertiary alicyclic amines) is 1. The number of amides is 1. The molecule has 0 spiro atoms. The minimum Gasteiger partial charge on any atom is -0.444 e. The lowest BCUT2D eigenvalue weighted by atomic mass is 9.92. The van der Waals surface area contributed by atoms with E-state index >= 15 is 0 Å². The summed E-state index contributed by atoms with van der Waals surface area (Å²) in [6, 6.07) is 3.90. The van der Waals surface area contributed by atoms with E-state index in [1.165, 1.54) is 0 Å². The number of hydrogen-bond donors (Lipinski definition) is 1. The zero-order valence-corrected chi connectivity index (χ0v) is 18.4. The molecule has 1 saturated heterocycles. The number of ether oxygens (including phenoxy) is 2. The Labute approximate surface area is 179 Å². The summed E-state index contributed by atoms with van der Waals surface area (Å²) < 4.78 is 73.6. The molecule has 0 bridgehead atoms. The third-order valence-corrected chi connectivity index (χ3v) is 6.82. The predicted molar refractivity (Wildman–Crippen MR) is 106 cm³/mol. The van der Waals surface area contributed by atoms with Crippen molar-refractivity contribution in [3.63, 3.8) is 0 Å². The van der Waals surface area contributed by atoms with Crippen molar-refractivity contribution in [3.8, 4) is 5.75 Å². The zero-order valence-electron chi connectivity index (χ0n) is 17.6. The van der Waals surface area contributed by atoms with Crippen LogP contribution in [0, 0.1) is 11.8 Å². The van der Waals surface area contributed by atoms with Crippen molar-refractivity contribution in [2.45, 2.75) is 62.9 Å². The van der Waals surface area contributed by atoms with Gasteiger partial charge in [-0.3, -0.25) is 0 Å². The highest BCUT2D eigenvalue weighted by atomic mass is 32.2. The van der Waals surface area contributed by atoms with Crippen LogP contribution >= 0.6 is 0 Å². The van der Waals surface area contributed by atoms with Gasteiger partial charge in [-0.15, -0.1) is 13.2 Å². The largest absolute Gasteiger partial charge is 0.573 e. The summed E-state index contributed by atoms with van der Waals surface area (Å²) >= 11 is 0. The average Bonchev–Trinajstić information content (AvgIpc) is 3.38. The Morgan fingerprint density at radius 2 is 1.68 bits per heavy atom. The van der Waals surface area contributed by atoms with Crippen molar-refractivity contribution in [2.75, 3.05) is 13.1 Å². The Balaban J connectivity index is 1.49. The number of rotatable bonds is 5.